The smallest absolute Gasteiger partial charge is 0.242 e. The van der Waals surface area contributed by atoms with Crippen LogP contribution in [-0.4, -0.2) is 29.7 Å². The summed E-state index contributed by atoms with van der Waals surface area (Å²) >= 11 is 0. The molecule has 106 valence electrons. The summed E-state index contributed by atoms with van der Waals surface area (Å²) in [7, 11) is 0. The van der Waals surface area contributed by atoms with Crippen LogP contribution in [0.3, 0.4) is 0 Å². The molecule has 0 radical (unpaired) electrons. The first-order chi connectivity index (χ1) is 9.81. The first-order valence-electron chi connectivity index (χ1n) is 6.46. The highest BCUT2D eigenvalue weighted by atomic mass is 16.5. The van der Waals surface area contributed by atoms with E-state index in [-0.39, 0.29) is 0 Å². The third kappa shape index (κ3) is 3.74. The average molecular weight is 274 g/mol. The van der Waals surface area contributed by atoms with Gasteiger partial charge in [-0.2, -0.15) is 4.98 Å². The molecule has 0 spiro atoms. The van der Waals surface area contributed by atoms with Gasteiger partial charge in [0.2, 0.25) is 5.88 Å². The molecule has 2 aromatic rings. The Morgan fingerprint density at radius 1 is 1.15 bits per heavy atom. The van der Waals surface area contributed by atoms with Gasteiger partial charge in [0, 0.05) is 0 Å². The van der Waals surface area contributed by atoms with E-state index in [0.29, 0.717) is 37.1 Å². The summed E-state index contributed by atoms with van der Waals surface area (Å²) in [6, 6.07) is 9.62. The fourth-order valence-electron chi connectivity index (χ4n) is 1.63. The van der Waals surface area contributed by atoms with Crippen molar-refractivity contribution in [2.75, 3.05) is 30.8 Å². The molecule has 20 heavy (non-hydrogen) atoms. The standard InChI is InChI=1S/C14H18N4O2/c1-2-19-14-12(15)13(17-10-18-14)16-8-9-20-11-6-4-3-5-7-11/h3-7,10H,2,8-9,15H2,1H3,(H,16,17,18). The molecule has 0 fully saturated rings. The zero-order valence-corrected chi connectivity index (χ0v) is 11.4. The van der Waals surface area contributed by atoms with Gasteiger partial charge < -0.3 is 20.5 Å². The lowest BCUT2D eigenvalue weighted by Gasteiger charge is -2.11. The number of nitrogen functional groups attached to an aromatic ring is 1. The maximum atomic E-state index is 5.91. The summed E-state index contributed by atoms with van der Waals surface area (Å²) in [5.74, 6) is 1.79. The van der Waals surface area contributed by atoms with E-state index in [9.17, 15) is 0 Å². The largest absolute Gasteiger partial charge is 0.492 e. The Morgan fingerprint density at radius 3 is 2.70 bits per heavy atom. The van der Waals surface area contributed by atoms with Crippen LogP contribution < -0.4 is 20.5 Å². The first-order valence-corrected chi connectivity index (χ1v) is 6.46. The molecule has 0 atom stereocenters. The third-order valence-corrected chi connectivity index (χ3v) is 2.53. The van der Waals surface area contributed by atoms with E-state index in [1.54, 1.807) is 0 Å². The number of nitrogens with one attached hydrogen (secondary N) is 1. The number of nitrogens with two attached hydrogens (primary N) is 1. The zero-order chi connectivity index (χ0) is 14.2. The highest BCUT2D eigenvalue weighted by Crippen LogP contribution is 2.24. The van der Waals surface area contributed by atoms with Gasteiger partial charge in [0.1, 0.15) is 24.4 Å². The number of nitrogens with zero attached hydrogens (tertiary/aromatic N) is 2. The van der Waals surface area contributed by atoms with Gasteiger partial charge >= 0.3 is 0 Å². The van der Waals surface area contributed by atoms with Crippen molar-refractivity contribution in [3.8, 4) is 11.6 Å². The lowest BCUT2D eigenvalue weighted by atomic mass is 10.3. The normalized spacial score (nSPS) is 10.1. The van der Waals surface area contributed by atoms with Crippen LogP contribution in [0.4, 0.5) is 11.5 Å². The van der Waals surface area contributed by atoms with Gasteiger partial charge in [-0.25, -0.2) is 4.98 Å². The van der Waals surface area contributed by atoms with Crippen LogP contribution >= 0.6 is 0 Å². The SMILES string of the molecule is CCOc1ncnc(NCCOc2ccccc2)c1N. The van der Waals surface area contributed by atoms with Gasteiger partial charge in [-0.3, -0.25) is 0 Å². The second-order valence-corrected chi connectivity index (χ2v) is 3.96. The van der Waals surface area contributed by atoms with Crippen LogP contribution in [0.2, 0.25) is 0 Å². The maximum absolute atomic E-state index is 5.91. The number of benzene rings is 1. The van der Waals surface area contributed by atoms with E-state index in [1.807, 2.05) is 37.3 Å². The Morgan fingerprint density at radius 2 is 1.95 bits per heavy atom. The summed E-state index contributed by atoms with van der Waals surface area (Å²) in [6.07, 6.45) is 1.42. The number of rotatable bonds is 7. The zero-order valence-electron chi connectivity index (χ0n) is 11.4. The van der Waals surface area contributed by atoms with Crippen molar-refractivity contribution in [1.29, 1.82) is 0 Å². The molecule has 1 heterocycles. The molecule has 0 aliphatic carbocycles. The molecule has 1 aromatic carbocycles. The Hall–Kier alpha value is -2.50. The molecule has 6 nitrogen and oxygen atoms in total. The van der Waals surface area contributed by atoms with Gasteiger partial charge in [-0.1, -0.05) is 18.2 Å². The van der Waals surface area contributed by atoms with Crippen LogP contribution in [-0.2, 0) is 0 Å². The minimum atomic E-state index is 0.397. The molecular formula is C14H18N4O2. The molecule has 6 heteroatoms. The maximum Gasteiger partial charge on any atom is 0.242 e. The van der Waals surface area contributed by atoms with Crippen molar-refractivity contribution in [1.82, 2.24) is 9.97 Å². The summed E-state index contributed by atoms with van der Waals surface area (Å²) in [4.78, 5) is 8.06. The summed E-state index contributed by atoms with van der Waals surface area (Å²) in [5, 5.41) is 3.10. The Balaban J connectivity index is 1.83. The topological polar surface area (TPSA) is 82.3 Å². The highest BCUT2D eigenvalue weighted by molar-refractivity contribution is 5.66. The molecule has 0 unspecified atom stereocenters. The minimum absolute atomic E-state index is 0.397. The molecular weight excluding hydrogens is 256 g/mol. The second-order valence-electron chi connectivity index (χ2n) is 3.96. The van der Waals surface area contributed by atoms with Crippen molar-refractivity contribution in [3.63, 3.8) is 0 Å². The quantitative estimate of drug-likeness (QED) is 0.751. The van der Waals surface area contributed by atoms with Crippen LogP contribution in [0, 0.1) is 0 Å². The number of anilines is 2. The van der Waals surface area contributed by atoms with Crippen molar-refractivity contribution < 1.29 is 9.47 Å². The van der Waals surface area contributed by atoms with Crippen molar-refractivity contribution in [3.05, 3.63) is 36.7 Å². The van der Waals surface area contributed by atoms with E-state index >= 15 is 0 Å². The van der Waals surface area contributed by atoms with Gasteiger partial charge in [-0.05, 0) is 19.1 Å². The summed E-state index contributed by atoms with van der Waals surface area (Å²) in [6.45, 7) is 3.49. The molecule has 2 rings (SSSR count). The Kier molecular flexibility index (Phi) is 5.00. The van der Waals surface area contributed by atoms with E-state index in [2.05, 4.69) is 15.3 Å². The summed E-state index contributed by atoms with van der Waals surface area (Å²) < 4.78 is 10.9. The van der Waals surface area contributed by atoms with E-state index < -0.39 is 0 Å². The number of ether oxygens (including phenoxy) is 2. The predicted molar refractivity (Wildman–Crippen MR) is 78.0 cm³/mol. The molecule has 0 aliphatic rings. The summed E-state index contributed by atoms with van der Waals surface area (Å²) in [5.41, 5.74) is 6.32. The molecule has 0 saturated heterocycles. The third-order valence-electron chi connectivity index (χ3n) is 2.53. The van der Waals surface area contributed by atoms with Crippen LogP contribution in [0.25, 0.3) is 0 Å². The van der Waals surface area contributed by atoms with Crippen LogP contribution in [0.1, 0.15) is 6.92 Å². The monoisotopic (exact) mass is 274 g/mol. The molecule has 3 N–H and O–H groups in total. The van der Waals surface area contributed by atoms with Gasteiger partial charge in [-0.15, -0.1) is 0 Å². The van der Waals surface area contributed by atoms with E-state index in [4.69, 9.17) is 15.2 Å². The predicted octanol–water partition coefficient (Wildman–Crippen LogP) is 1.95. The number of para-hydroxylation sites is 1. The van der Waals surface area contributed by atoms with E-state index in [1.165, 1.54) is 6.33 Å². The number of aromatic nitrogens is 2. The van der Waals surface area contributed by atoms with Gasteiger partial charge in [0.15, 0.2) is 5.82 Å². The fourth-order valence-corrected chi connectivity index (χ4v) is 1.63. The van der Waals surface area contributed by atoms with Crippen LogP contribution in [0.15, 0.2) is 36.7 Å². The van der Waals surface area contributed by atoms with Crippen molar-refractivity contribution in [2.45, 2.75) is 6.92 Å². The van der Waals surface area contributed by atoms with Gasteiger partial charge in [0.05, 0.1) is 13.2 Å². The fraction of sp³-hybridized carbons (Fsp3) is 0.286. The molecule has 0 aliphatic heterocycles. The van der Waals surface area contributed by atoms with Crippen molar-refractivity contribution in [2.24, 2.45) is 0 Å². The molecule has 1 aromatic heterocycles. The average Bonchev–Trinajstić information content (AvgIpc) is 2.48. The Labute approximate surface area is 118 Å². The number of hydrogen-bond donors (Lipinski definition) is 2. The molecule has 0 amide bonds. The van der Waals surface area contributed by atoms with Crippen molar-refractivity contribution >= 4 is 11.5 Å². The highest BCUT2D eigenvalue weighted by Gasteiger charge is 2.07. The van der Waals surface area contributed by atoms with E-state index in [0.717, 1.165) is 5.75 Å². The number of hydrogen-bond acceptors (Lipinski definition) is 6. The van der Waals surface area contributed by atoms with Crippen LogP contribution in [0.5, 0.6) is 11.6 Å². The first kappa shape index (κ1) is 13.9. The minimum Gasteiger partial charge on any atom is -0.492 e. The second kappa shape index (κ2) is 7.18. The molecule has 0 saturated carbocycles. The lowest BCUT2D eigenvalue weighted by molar-refractivity contribution is 0.327. The lowest BCUT2D eigenvalue weighted by Crippen LogP contribution is -2.14. The Bertz CT molecular complexity index is 534. The molecule has 0 bridgehead atoms. The van der Waals surface area contributed by atoms with Gasteiger partial charge in [0.25, 0.3) is 0 Å².